The van der Waals surface area contributed by atoms with E-state index in [9.17, 15) is 0 Å². The van der Waals surface area contributed by atoms with E-state index in [0.29, 0.717) is 0 Å². The first-order valence-electron chi connectivity index (χ1n) is 28.9. The lowest BCUT2D eigenvalue weighted by molar-refractivity contribution is 1.12. The van der Waals surface area contributed by atoms with Crippen LogP contribution in [-0.4, -0.2) is 27.4 Å². The summed E-state index contributed by atoms with van der Waals surface area (Å²) in [5.74, 6) is 0. The number of hydrogen-bond donors (Lipinski definition) is 0. The molecule has 0 bridgehead atoms. The number of fused-ring (bicyclic) bond motifs is 20. The van der Waals surface area contributed by atoms with Gasteiger partial charge in [-0.15, -0.1) is 0 Å². The highest BCUT2D eigenvalue weighted by Crippen LogP contribution is 2.46. The van der Waals surface area contributed by atoms with Crippen molar-refractivity contribution in [3.63, 3.8) is 0 Å². The Morgan fingerprint density at radius 1 is 0.143 bits per heavy atom. The van der Waals surface area contributed by atoms with Crippen LogP contribution in [0.1, 0.15) is 0 Å². The molecule has 0 aliphatic carbocycles. The lowest BCUT2D eigenvalue weighted by Crippen LogP contribution is -2.01. The fraction of sp³-hybridized carbons (Fsp3) is 0. The Morgan fingerprint density at radius 3 is 0.714 bits per heavy atom. The number of rotatable bonds is 6. The first-order valence-corrected chi connectivity index (χ1v) is 28.9. The maximum atomic E-state index is 2.52. The van der Waals surface area contributed by atoms with Gasteiger partial charge in [-0.3, -0.25) is 0 Å². The van der Waals surface area contributed by atoms with E-state index in [1.54, 1.807) is 0 Å². The number of para-hydroxylation sites is 8. The summed E-state index contributed by atoms with van der Waals surface area (Å²) in [6.45, 7) is 0. The molecule has 0 saturated heterocycles. The molecule has 6 aromatic heterocycles. The third kappa shape index (κ3) is 6.12. The monoisotopic (exact) mass is 1070 g/mol. The number of hydrogen-bond acceptors (Lipinski definition) is 0. The molecule has 6 heterocycles. The van der Waals surface area contributed by atoms with Crippen LogP contribution in [0.5, 0.6) is 0 Å². The maximum absolute atomic E-state index is 2.52. The van der Waals surface area contributed by atoms with E-state index in [4.69, 9.17) is 0 Å². The van der Waals surface area contributed by atoms with Gasteiger partial charge >= 0.3 is 0 Å². The van der Waals surface area contributed by atoms with Gasteiger partial charge in [0.1, 0.15) is 0 Å². The molecule has 0 aliphatic heterocycles. The van der Waals surface area contributed by atoms with Crippen molar-refractivity contribution in [3.05, 3.63) is 291 Å². The van der Waals surface area contributed by atoms with Crippen LogP contribution in [0.2, 0.25) is 0 Å². The van der Waals surface area contributed by atoms with E-state index in [-0.39, 0.29) is 0 Å². The molecule has 0 fully saturated rings. The summed E-state index contributed by atoms with van der Waals surface area (Å²) >= 11 is 0. The highest BCUT2D eigenvalue weighted by atomic mass is 15.1. The van der Waals surface area contributed by atoms with Crippen LogP contribution in [0.3, 0.4) is 0 Å². The third-order valence-corrected chi connectivity index (χ3v) is 18.1. The molecule has 0 radical (unpaired) electrons. The molecule has 0 aliphatic rings. The summed E-state index contributed by atoms with van der Waals surface area (Å²) in [5, 5.41) is 14.7. The second-order valence-electron chi connectivity index (χ2n) is 22.4. The molecule has 0 unspecified atom stereocenters. The first-order chi connectivity index (χ1) is 41.7. The van der Waals surface area contributed by atoms with Gasteiger partial charge in [0.2, 0.25) is 0 Å². The average molecular weight is 1070 g/mol. The van der Waals surface area contributed by atoms with Crippen molar-refractivity contribution in [2.24, 2.45) is 0 Å². The van der Waals surface area contributed by atoms with Gasteiger partial charge in [0.05, 0.1) is 66.2 Å². The summed E-state index contributed by atoms with van der Waals surface area (Å²) in [7, 11) is 0. The van der Waals surface area contributed by atoms with Crippen molar-refractivity contribution >= 4 is 131 Å². The molecule has 6 heteroatoms. The van der Waals surface area contributed by atoms with Gasteiger partial charge in [0, 0.05) is 98.8 Å². The Bertz CT molecular complexity index is 5900. The van der Waals surface area contributed by atoms with Crippen LogP contribution in [0.25, 0.3) is 165 Å². The second kappa shape index (κ2) is 17.1. The topological polar surface area (TPSA) is 29.6 Å². The Kier molecular flexibility index (Phi) is 9.24. The predicted octanol–water partition coefficient (Wildman–Crippen LogP) is 20.3. The molecule has 19 aromatic rings. The summed E-state index contributed by atoms with van der Waals surface area (Å²) in [4.78, 5) is 0. The quantitative estimate of drug-likeness (QED) is 0.159. The SMILES string of the molecule is c1cc(-n2c3ccccc3c3ccccc32)cc(-n2c3ccccc3c3ccc4c(c5ccccc5n4-c4cccc(-n5c6ccccc6c6ccc7c8ccccc8n(-c8cccc(-n9c%10ccccc%10c%10ccccc%109)c8)c7c65)c4)c32)c1. The van der Waals surface area contributed by atoms with Gasteiger partial charge in [0.25, 0.3) is 0 Å². The lowest BCUT2D eigenvalue weighted by Gasteiger charge is -2.16. The van der Waals surface area contributed by atoms with E-state index in [0.717, 1.165) is 56.2 Å². The van der Waals surface area contributed by atoms with Crippen LogP contribution < -0.4 is 0 Å². The van der Waals surface area contributed by atoms with Crippen LogP contribution >= 0.6 is 0 Å². The number of nitrogens with zero attached hydrogens (tertiary/aromatic N) is 6. The predicted molar refractivity (Wildman–Crippen MR) is 352 cm³/mol. The Balaban J connectivity index is 0.846. The molecule has 0 amide bonds. The number of benzene rings is 13. The van der Waals surface area contributed by atoms with Gasteiger partial charge in [-0.2, -0.15) is 0 Å². The van der Waals surface area contributed by atoms with Crippen LogP contribution in [0.15, 0.2) is 291 Å². The Morgan fingerprint density at radius 2 is 0.369 bits per heavy atom. The molecule has 13 aromatic carbocycles. The lowest BCUT2D eigenvalue weighted by atomic mass is 10.1. The largest absolute Gasteiger partial charge is 0.309 e. The van der Waals surface area contributed by atoms with Crippen LogP contribution in [0.4, 0.5) is 0 Å². The van der Waals surface area contributed by atoms with Gasteiger partial charge < -0.3 is 27.4 Å². The van der Waals surface area contributed by atoms with Crippen molar-refractivity contribution < 1.29 is 0 Å². The van der Waals surface area contributed by atoms with E-state index in [2.05, 4.69) is 319 Å². The molecule has 0 spiro atoms. The summed E-state index contributed by atoms with van der Waals surface area (Å²) < 4.78 is 14.9. The fourth-order valence-electron chi connectivity index (χ4n) is 14.8. The normalized spacial score (nSPS) is 12.3. The van der Waals surface area contributed by atoms with Gasteiger partial charge in [-0.1, -0.05) is 182 Å². The highest BCUT2D eigenvalue weighted by molar-refractivity contribution is 6.27. The molecule has 0 saturated carbocycles. The smallest absolute Gasteiger partial charge is 0.0788 e. The van der Waals surface area contributed by atoms with Crippen molar-refractivity contribution in [1.82, 2.24) is 27.4 Å². The van der Waals surface area contributed by atoms with Crippen LogP contribution in [-0.2, 0) is 0 Å². The van der Waals surface area contributed by atoms with Gasteiger partial charge in [0.15, 0.2) is 0 Å². The summed E-state index contributed by atoms with van der Waals surface area (Å²) in [6.07, 6.45) is 0. The van der Waals surface area contributed by atoms with E-state index in [1.165, 1.54) is 109 Å². The second-order valence-corrected chi connectivity index (χ2v) is 22.4. The maximum Gasteiger partial charge on any atom is 0.0788 e. The summed E-state index contributed by atoms with van der Waals surface area (Å²) in [6, 6.07) is 108. The van der Waals surface area contributed by atoms with E-state index in [1.807, 2.05) is 0 Å². The van der Waals surface area contributed by atoms with Gasteiger partial charge in [-0.25, -0.2) is 0 Å². The van der Waals surface area contributed by atoms with Crippen molar-refractivity contribution in [2.45, 2.75) is 0 Å². The average Bonchev–Trinajstić information content (AvgIpc) is 2.09. The molecule has 19 rings (SSSR count). The fourth-order valence-corrected chi connectivity index (χ4v) is 14.8. The molecule has 84 heavy (non-hydrogen) atoms. The minimum atomic E-state index is 1.09. The standard InChI is InChI=1S/C78H48N6/c1-9-34-66-55(26-1)56-27-2-10-35-67(56)79(66)49-20-17-23-52(46-49)82-70-38-13-5-30-59(70)62-44-45-74-75(76(62)82)65-33-8-16-41-73(65)81(74)51-22-19-25-54(48-51)84-72-40-15-7-32-61(72)64-43-42-63-60-31-6-14-39-71(60)83(77(63)78(64)84)53-24-18-21-50(47-53)80-68-36-11-3-28-57(68)58-29-4-12-37-69(58)80/h1-48H. The molecule has 390 valence electrons. The Labute approximate surface area is 480 Å². The van der Waals surface area contributed by atoms with Crippen molar-refractivity contribution in [1.29, 1.82) is 0 Å². The molecular weight excluding hydrogens is 1020 g/mol. The molecule has 0 N–H and O–H groups in total. The zero-order chi connectivity index (χ0) is 54.7. The van der Waals surface area contributed by atoms with Crippen molar-refractivity contribution in [3.8, 4) is 34.1 Å². The minimum absolute atomic E-state index is 1.09. The zero-order valence-corrected chi connectivity index (χ0v) is 45.4. The highest BCUT2D eigenvalue weighted by Gasteiger charge is 2.25. The first kappa shape index (κ1) is 45.4. The van der Waals surface area contributed by atoms with E-state index >= 15 is 0 Å². The molecule has 6 nitrogen and oxygen atoms in total. The summed E-state index contributed by atoms with van der Waals surface area (Å²) in [5.41, 5.74) is 20.7. The zero-order valence-electron chi connectivity index (χ0n) is 45.4. The minimum Gasteiger partial charge on any atom is -0.309 e. The number of aromatic nitrogens is 6. The van der Waals surface area contributed by atoms with Crippen LogP contribution in [0, 0.1) is 0 Å². The molecule has 0 atom stereocenters. The van der Waals surface area contributed by atoms with E-state index < -0.39 is 0 Å². The molecular formula is C78H48N6. The Hall–Kier alpha value is -11.3. The third-order valence-electron chi connectivity index (χ3n) is 18.1. The van der Waals surface area contributed by atoms with Crippen molar-refractivity contribution in [2.75, 3.05) is 0 Å². The van der Waals surface area contributed by atoms with Gasteiger partial charge in [-0.05, 0) is 109 Å².